The fourth-order valence-electron chi connectivity index (χ4n) is 2.92. The largest absolute Gasteiger partial charge is 0.353 e. The zero-order chi connectivity index (χ0) is 17.6. The fraction of sp³-hybridized carbons (Fsp3) is 0.611. The Morgan fingerprint density at radius 2 is 1.79 bits per heavy atom. The molecule has 0 atom stereocenters. The monoisotopic (exact) mass is 352 g/mol. The number of rotatable bonds is 7. The van der Waals surface area contributed by atoms with Gasteiger partial charge in [0.05, 0.1) is 4.90 Å². The maximum absolute atomic E-state index is 12.7. The molecule has 1 aliphatic rings. The van der Waals surface area contributed by atoms with Crippen molar-refractivity contribution in [2.24, 2.45) is 0 Å². The van der Waals surface area contributed by atoms with E-state index in [1.54, 1.807) is 12.1 Å². The van der Waals surface area contributed by atoms with Crippen molar-refractivity contribution in [3.8, 4) is 0 Å². The van der Waals surface area contributed by atoms with Crippen LogP contribution in [0.4, 0.5) is 0 Å². The minimum Gasteiger partial charge on any atom is -0.353 e. The van der Waals surface area contributed by atoms with E-state index in [4.69, 9.17) is 0 Å². The van der Waals surface area contributed by atoms with Gasteiger partial charge in [-0.2, -0.15) is 4.31 Å². The lowest BCUT2D eigenvalue weighted by atomic mass is 10.1. The third-order valence-electron chi connectivity index (χ3n) is 4.55. The predicted molar refractivity (Wildman–Crippen MR) is 95.3 cm³/mol. The van der Waals surface area contributed by atoms with E-state index >= 15 is 0 Å². The Kier molecular flexibility index (Phi) is 6.80. The van der Waals surface area contributed by atoms with E-state index in [2.05, 4.69) is 12.2 Å². The van der Waals surface area contributed by atoms with Gasteiger partial charge in [-0.1, -0.05) is 32.4 Å². The number of carbonyl (C=O) groups excluding carboxylic acids is 1. The Morgan fingerprint density at radius 1 is 1.17 bits per heavy atom. The molecule has 1 N–H and O–H groups in total. The topological polar surface area (TPSA) is 66.5 Å². The molecule has 1 aromatic rings. The van der Waals surface area contributed by atoms with Gasteiger partial charge >= 0.3 is 0 Å². The molecule has 1 aliphatic heterocycles. The van der Waals surface area contributed by atoms with Crippen LogP contribution < -0.4 is 5.32 Å². The highest BCUT2D eigenvalue weighted by atomic mass is 32.2. The normalized spacial score (nSPS) is 16.9. The van der Waals surface area contributed by atoms with Gasteiger partial charge in [0.1, 0.15) is 0 Å². The van der Waals surface area contributed by atoms with E-state index in [1.807, 2.05) is 19.1 Å². The summed E-state index contributed by atoms with van der Waals surface area (Å²) in [7, 11) is -3.43. The van der Waals surface area contributed by atoms with Crippen LogP contribution in [0.15, 0.2) is 29.2 Å². The van der Waals surface area contributed by atoms with Crippen LogP contribution in [0, 0.1) is 0 Å². The summed E-state index contributed by atoms with van der Waals surface area (Å²) >= 11 is 0. The summed E-state index contributed by atoms with van der Waals surface area (Å²) in [6.45, 7) is 5.01. The number of hydrogen-bond donors (Lipinski definition) is 1. The summed E-state index contributed by atoms with van der Waals surface area (Å²) in [5, 5.41) is 3.02. The van der Waals surface area contributed by atoms with Crippen molar-refractivity contribution in [2.75, 3.05) is 13.1 Å². The van der Waals surface area contributed by atoms with Crippen LogP contribution in [0.2, 0.25) is 0 Å². The molecule has 134 valence electrons. The van der Waals surface area contributed by atoms with Crippen molar-refractivity contribution in [2.45, 2.75) is 63.3 Å². The van der Waals surface area contributed by atoms with E-state index in [9.17, 15) is 13.2 Å². The van der Waals surface area contributed by atoms with E-state index < -0.39 is 10.0 Å². The number of sulfonamides is 1. The van der Waals surface area contributed by atoms with E-state index in [0.29, 0.717) is 37.2 Å². The first kappa shape index (κ1) is 18.9. The number of carbonyl (C=O) groups is 1. The number of aryl methyl sites for hydroxylation is 1. The molecule has 1 saturated heterocycles. The average Bonchev–Trinajstić information content (AvgIpc) is 2.60. The van der Waals surface area contributed by atoms with Crippen LogP contribution in [0.5, 0.6) is 0 Å². The van der Waals surface area contributed by atoms with Crippen LogP contribution in [0.25, 0.3) is 0 Å². The van der Waals surface area contributed by atoms with Gasteiger partial charge in [-0.25, -0.2) is 8.42 Å². The Bertz CT molecular complexity index is 633. The fourth-order valence-corrected chi connectivity index (χ4v) is 4.39. The highest BCUT2D eigenvalue weighted by molar-refractivity contribution is 7.89. The lowest BCUT2D eigenvalue weighted by Crippen LogP contribution is -2.46. The second kappa shape index (κ2) is 8.62. The summed E-state index contributed by atoms with van der Waals surface area (Å²) in [6.07, 6.45) is 4.68. The van der Waals surface area contributed by atoms with Gasteiger partial charge < -0.3 is 5.32 Å². The van der Waals surface area contributed by atoms with Gasteiger partial charge in [-0.3, -0.25) is 4.79 Å². The highest BCUT2D eigenvalue weighted by Gasteiger charge is 2.29. The third-order valence-corrected chi connectivity index (χ3v) is 6.46. The molecule has 6 heteroatoms. The molecule has 2 rings (SSSR count). The predicted octanol–water partition coefficient (Wildman–Crippen LogP) is 2.71. The first-order valence-electron chi connectivity index (χ1n) is 8.85. The van der Waals surface area contributed by atoms with Crippen molar-refractivity contribution in [1.82, 2.24) is 9.62 Å². The Hall–Kier alpha value is -1.40. The quantitative estimate of drug-likeness (QED) is 0.820. The summed E-state index contributed by atoms with van der Waals surface area (Å²) in [5.74, 6) is 0.0771. The molecule has 0 radical (unpaired) electrons. The number of piperidine rings is 1. The van der Waals surface area contributed by atoms with Gasteiger partial charge in [0.25, 0.3) is 0 Å². The first-order chi connectivity index (χ1) is 11.5. The Labute approximate surface area is 145 Å². The number of nitrogens with zero attached hydrogens (tertiary/aromatic N) is 1. The first-order valence-corrected chi connectivity index (χ1v) is 10.3. The Morgan fingerprint density at radius 3 is 2.33 bits per heavy atom. The third kappa shape index (κ3) is 4.80. The summed E-state index contributed by atoms with van der Waals surface area (Å²) < 4.78 is 26.9. The molecule has 0 aromatic heterocycles. The van der Waals surface area contributed by atoms with Crippen LogP contribution in [-0.2, 0) is 21.2 Å². The highest BCUT2D eigenvalue weighted by Crippen LogP contribution is 2.21. The van der Waals surface area contributed by atoms with Gasteiger partial charge in [0.2, 0.25) is 15.9 Å². The Balaban J connectivity index is 1.91. The van der Waals surface area contributed by atoms with Crippen molar-refractivity contribution >= 4 is 15.9 Å². The number of hydrogen-bond acceptors (Lipinski definition) is 3. The van der Waals surface area contributed by atoms with Crippen molar-refractivity contribution in [3.63, 3.8) is 0 Å². The summed E-state index contributed by atoms with van der Waals surface area (Å²) in [5.41, 5.74) is 1.13. The zero-order valence-corrected chi connectivity index (χ0v) is 15.4. The lowest BCUT2D eigenvalue weighted by molar-refractivity contribution is -0.122. The zero-order valence-electron chi connectivity index (χ0n) is 14.6. The van der Waals surface area contributed by atoms with Gasteiger partial charge in [0, 0.05) is 25.6 Å². The number of benzene rings is 1. The molecule has 0 aliphatic carbocycles. The summed E-state index contributed by atoms with van der Waals surface area (Å²) in [4.78, 5) is 12.1. The molecule has 0 spiro atoms. The molecule has 1 aromatic carbocycles. The molecule has 1 fully saturated rings. The van der Waals surface area contributed by atoms with Crippen LogP contribution >= 0.6 is 0 Å². The van der Waals surface area contributed by atoms with Gasteiger partial charge in [-0.05, 0) is 43.4 Å². The maximum atomic E-state index is 12.7. The smallest absolute Gasteiger partial charge is 0.243 e. The molecular formula is C18H28N2O3S. The molecule has 5 nitrogen and oxygen atoms in total. The van der Waals surface area contributed by atoms with E-state index in [1.165, 1.54) is 4.31 Å². The van der Waals surface area contributed by atoms with Crippen molar-refractivity contribution in [1.29, 1.82) is 0 Å². The molecule has 1 amide bonds. The van der Waals surface area contributed by atoms with Crippen molar-refractivity contribution < 1.29 is 13.2 Å². The van der Waals surface area contributed by atoms with Crippen LogP contribution in [0.3, 0.4) is 0 Å². The van der Waals surface area contributed by atoms with Gasteiger partial charge in [0.15, 0.2) is 0 Å². The summed E-state index contributed by atoms with van der Waals surface area (Å²) in [6, 6.07) is 7.20. The van der Waals surface area contributed by atoms with Crippen molar-refractivity contribution in [3.05, 3.63) is 29.8 Å². The number of amides is 1. The molecule has 0 unspecified atom stereocenters. The second-order valence-electron chi connectivity index (χ2n) is 6.35. The molecule has 1 heterocycles. The SMILES string of the molecule is CCCCC(=O)NC1CCN(S(=O)(=O)c2ccc(CC)cc2)CC1. The minimum absolute atomic E-state index is 0.0771. The van der Waals surface area contributed by atoms with Crippen LogP contribution in [-0.4, -0.2) is 37.8 Å². The van der Waals surface area contributed by atoms with E-state index in [0.717, 1.165) is 24.8 Å². The molecule has 0 bridgehead atoms. The minimum atomic E-state index is -3.43. The molecular weight excluding hydrogens is 324 g/mol. The van der Waals surface area contributed by atoms with Gasteiger partial charge in [-0.15, -0.1) is 0 Å². The number of unbranched alkanes of at least 4 members (excludes halogenated alkanes) is 1. The average molecular weight is 353 g/mol. The standard InChI is InChI=1S/C18H28N2O3S/c1-3-5-6-18(21)19-16-11-13-20(14-12-16)24(22,23)17-9-7-15(4-2)8-10-17/h7-10,16H,3-6,11-14H2,1-2H3,(H,19,21). The maximum Gasteiger partial charge on any atom is 0.243 e. The molecule has 0 saturated carbocycles. The lowest BCUT2D eigenvalue weighted by Gasteiger charge is -2.31. The van der Waals surface area contributed by atoms with Crippen LogP contribution in [0.1, 0.15) is 51.5 Å². The van der Waals surface area contributed by atoms with E-state index in [-0.39, 0.29) is 11.9 Å². The second-order valence-corrected chi connectivity index (χ2v) is 8.28. The molecule has 24 heavy (non-hydrogen) atoms. The number of nitrogens with one attached hydrogen (secondary N) is 1.